The topological polar surface area (TPSA) is 69.9 Å². The van der Waals surface area contributed by atoms with E-state index in [1.54, 1.807) is 29.2 Å². The van der Waals surface area contributed by atoms with Crippen LogP contribution in [0.5, 0.6) is 0 Å². The van der Waals surface area contributed by atoms with Gasteiger partial charge in [-0.3, -0.25) is 0 Å². The van der Waals surface area contributed by atoms with Crippen molar-refractivity contribution in [2.45, 2.75) is 10.2 Å². The zero-order valence-corrected chi connectivity index (χ0v) is 10.1. The number of methoxy groups -OCH3 is 1. The van der Waals surface area contributed by atoms with Gasteiger partial charge in [-0.2, -0.15) is 0 Å². The molecule has 0 atom stereocenters. The van der Waals surface area contributed by atoms with E-state index < -0.39 is 0 Å². The number of hydrogen-bond acceptors (Lipinski definition) is 6. The maximum atomic E-state index is 11.3. The lowest BCUT2D eigenvalue weighted by atomic mass is 10.3. The summed E-state index contributed by atoms with van der Waals surface area (Å²) in [6.45, 7) is 0. The van der Waals surface area contributed by atoms with Crippen LogP contribution in [0.2, 0.25) is 0 Å². The highest BCUT2D eigenvalue weighted by molar-refractivity contribution is 7.99. The van der Waals surface area contributed by atoms with Gasteiger partial charge in [-0.1, -0.05) is 0 Å². The molecule has 0 spiro atoms. The zero-order chi connectivity index (χ0) is 12.3. The monoisotopic (exact) mass is 250 g/mol. The molecule has 2 rings (SSSR count). The van der Waals surface area contributed by atoms with Gasteiger partial charge in [0.15, 0.2) is 5.16 Å². The number of esters is 1. The van der Waals surface area contributed by atoms with Gasteiger partial charge in [-0.25, -0.2) is 9.78 Å². The number of carbonyl (C=O) groups is 1. The van der Waals surface area contributed by atoms with E-state index in [0.717, 1.165) is 0 Å². The van der Waals surface area contributed by atoms with Crippen LogP contribution in [0.1, 0.15) is 10.4 Å². The molecule has 0 radical (unpaired) electrons. The van der Waals surface area contributed by atoms with E-state index in [9.17, 15) is 4.79 Å². The van der Waals surface area contributed by atoms with Crippen molar-refractivity contribution >= 4 is 17.7 Å². The van der Waals surface area contributed by atoms with Gasteiger partial charge in [-0.15, -0.1) is 10.2 Å². The standard InChI is InChI=1S/C10H10N4O2S/c1-14-6-12-13-10(14)17-8-5-7(3-4-11-8)9(15)16-2/h3-6H,1-2H3. The van der Waals surface area contributed by atoms with Crippen LogP contribution in [0, 0.1) is 0 Å². The van der Waals surface area contributed by atoms with E-state index in [0.29, 0.717) is 15.7 Å². The fourth-order valence-corrected chi connectivity index (χ4v) is 1.93. The minimum absolute atomic E-state index is 0.382. The molecule has 7 heteroatoms. The molecule has 0 saturated carbocycles. The highest BCUT2D eigenvalue weighted by atomic mass is 32.2. The Kier molecular flexibility index (Phi) is 3.38. The third-order valence-corrected chi connectivity index (χ3v) is 3.01. The Labute approximate surface area is 102 Å². The number of pyridine rings is 1. The fourth-order valence-electron chi connectivity index (χ4n) is 1.17. The van der Waals surface area contributed by atoms with Crippen LogP contribution in [-0.4, -0.2) is 32.8 Å². The maximum Gasteiger partial charge on any atom is 0.337 e. The third-order valence-electron chi connectivity index (χ3n) is 2.02. The summed E-state index contributed by atoms with van der Waals surface area (Å²) < 4.78 is 6.42. The molecule has 2 aromatic heterocycles. The van der Waals surface area contributed by atoms with E-state index >= 15 is 0 Å². The van der Waals surface area contributed by atoms with Crippen molar-refractivity contribution in [2.24, 2.45) is 7.05 Å². The Morgan fingerprint density at radius 2 is 2.35 bits per heavy atom. The van der Waals surface area contributed by atoms with Crippen molar-refractivity contribution < 1.29 is 9.53 Å². The van der Waals surface area contributed by atoms with Gasteiger partial charge in [0.1, 0.15) is 11.4 Å². The van der Waals surface area contributed by atoms with Crippen LogP contribution < -0.4 is 0 Å². The second kappa shape index (κ2) is 4.96. The summed E-state index contributed by atoms with van der Waals surface area (Å²) in [7, 11) is 3.19. The van der Waals surface area contributed by atoms with Crippen molar-refractivity contribution in [1.29, 1.82) is 0 Å². The number of carbonyl (C=O) groups excluding carboxylic acids is 1. The van der Waals surface area contributed by atoms with Crippen molar-refractivity contribution in [3.8, 4) is 0 Å². The van der Waals surface area contributed by atoms with E-state index in [-0.39, 0.29) is 5.97 Å². The average Bonchev–Trinajstić information content (AvgIpc) is 2.74. The van der Waals surface area contributed by atoms with Gasteiger partial charge in [0.25, 0.3) is 0 Å². The zero-order valence-electron chi connectivity index (χ0n) is 9.32. The summed E-state index contributed by atoms with van der Waals surface area (Å²) in [6, 6.07) is 3.26. The molecule has 0 saturated heterocycles. The molecule has 0 fully saturated rings. The van der Waals surface area contributed by atoms with E-state index in [2.05, 4.69) is 19.9 Å². The summed E-state index contributed by atoms with van der Waals surface area (Å²) in [5.41, 5.74) is 0.465. The summed E-state index contributed by atoms with van der Waals surface area (Å²) in [6.07, 6.45) is 3.16. The maximum absolute atomic E-state index is 11.3. The highest BCUT2D eigenvalue weighted by Gasteiger charge is 2.09. The number of aryl methyl sites for hydroxylation is 1. The minimum atomic E-state index is -0.382. The molecule has 0 aliphatic heterocycles. The van der Waals surface area contributed by atoms with Crippen LogP contribution in [0.15, 0.2) is 34.8 Å². The Morgan fingerprint density at radius 1 is 1.53 bits per heavy atom. The summed E-state index contributed by atoms with van der Waals surface area (Å²) in [5.74, 6) is -0.382. The lowest BCUT2D eigenvalue weighted by molar-refractivity contribution is 0.0600. The lowest BCUT2D eigenvalue weighted by Crippen LogP contribution is -2.01. The molecule has 0 bridgehead atoms. The molecule has 17 heavy (non-hydrogen) atoms. The van der Waals surface area contributed by atoms with Crippen LogP contribution in [-0.2, 0) is 11.8 Å². The first-order chi connectivity index (χ1) is 8.20. The second-order valence-corrected chi connectivity index (χ2v) is 4.19. The molecular formula is C10H10N4O2S. The first kappa shape index (κ1) is 11.6. The van der Waals surface area contributed by atoms with Crippen LogP contribution in [0.4, 0.5) is 0 Å². The van der Waals surface area contributed by atoms with Gasteiger partial charge in [0, 0.05) is 13.2 Å². The molecule has 2 heterocycles. The number of aromatic nitrogens is 4. The van der Waals surface area contributed by atoms with Crippen LogP contribution in [0.25, 0.3) is 0 Å². The number of nitrogens with zero attached hydrogens (tertiary/aromatic N) is 4. The van der Waals surface area contributed by atoms with Gasteiger partial charge >= 0.3 is 5.97 Å². The molecule has 6 nitrogen and oxygen atoms in total. The molecule has 0 N–H and O–H groups in total. The molecular weight excluding hydrogens is 240 g/mol. The van der Waals surface area contributed by atoms with Crippen molar-refractivity contribution in [1.82, 2.24) is 19.7 Å². The first-order valence-electron chi connectivity index (χ1n) is 4.77. The van der Waals surface area contributed by atoms with Crippen LogP contribution in [0.3, 0.4) is 0 Å². The van der Waals surface area contributed by atoms with Gasteiger partial charge < -0.3 is 9.30 Å². The van der Waals surface area contributed by atoms with Gasteiger partial charge in [-0.05, 0) is 23.9 Å². The Bertz CT molecular complexity index is 541. The highest BCUT2D eigenvalue weighted by Crippen LogP contribution is 2.23. The van der Waals surface area contributed by atoms with E-state index in [1.165, 1.54) is 18.9 Å². The van der Waals surface area contributed by atoms with E-state index in [4.69, 9.17) is 0 Å². The quantitative estimate of drug-likeness (QED) is 0.761. The average molecular weight is 250 g/mol. The Hall–Kier alpha value is -1.89. The summed E-state index contributed by atoms with van der Waals surface area (Å²) in [4.78, 5) is 15.5. The summed E-state index contributed by atoms with van der Waals surface area (Å²) in [5, 5.41) is 9.07. The minimum Gasteiger partial charge on any atom is -0.465 e. The fraction of sp³-hybridized carbons (Fsp3) is 0.200. The smallest absolute Gasteiger partial charge is 0.337 e. The predicted molar refractivity (Wildman–Crippen MR) is 60.7 cm³/mol. The van der Waals surface area contributed by atoms with Crippen molar-refractivity contribution in [3.05, 3.63) is 30.2 Å². The van der Waals surface area contributed by atoms with Crippen molar-refractivity contribution in [2.75, 3.05) is 7.11 Å². The van der Waals surface area contributed by atoms with Crippen LogP contribution >= 0.6 is 11.8 Å². The molecule has 0 unspecified atom stereocenters. The van der Waals surface area contributed by atoms with Gasteiger partial charge in [0.05, 0.1) is 12.7 Å². The molecule has 0 aromatic carbocycles. The molecule has 2 aromatic rings. The normalized spacial score (nSPS) is 10.2. The van der Waals surface area contributed by atoms with Crippen molar-refractivity contribution in [3.63, 3.8) is 0 Å². The largest absolute Gasteiger partial charge is 0.465 e. The SMILES string of the molecule is COC(=O)c1ccnc(Sc2nncn2C)c1. The number of hydrogen-bond donors (Lipinski definition) is 0. The van der Waals surface area contributed by atoms with E-state index in [1.807, 2.05) is 7.05 Å². The molecule has 0 aliphatic rings. The molecule has 88 valence electrons. The molecule has 0 amide bonds. The second-order valence-electron chi connectivity index (χ2n) is 3.20. The number of ether oxygens (including phenoxy) is 1. The summed E-state index contributed by atoms with van der Waals surface area (Å²) >= 11 is 1.33. The lowest BCUT2D eigenvalue weighted by Gasteiger charge is -2.02. The third kappa shape index (κ3) is 2.62. The van der Waals surface area contributed by atoms with Gasteiger partial charge in [0.2, 0.25) is 0 Å². The first-order valence-corrected chi connectivity index (χ1v) is 5.58. The number of rotatable bonds is 3. The Balaban J connectivity index is 2.22. The molecule has 0 aliphatic carbocycles. The Morgan fingerprint density at radius 3 is 3.00 bits per heavy atom. The predicted octanol–water partition coefficient (Wildman–Crippen LogP) is 1.15.